The standard InChI is InChI=1S/C6H9NO5/c1-3-11-6(10)7-12-5(9)4(2)8/h8H,2-3H2,1H3,(H,7,10). The largest absolute Gasteiger partial charge is 0.502 e. The first-order valence-electron chi connectivity index (χ1n) is 3.09. The van der Waals surface area contributed by atoms with Crippen LogP contribution in [0.1, 0.15) is 6.92 Å². The van der Waals surface area contributed by atoms with Crippen molar-refractivity contribution in [1.82, 2.24) is 5.48 Å². The summed E-state index contributed by atoms with van der Waals surface area (Å²) in [7, 11) is 0. The summed E-state index contributed by atoms with van der Waals surface area (Å²) in [5.41, 5.74) is 1.63. The first kappa shape index (κ1) is 10.3. The zero-order valence-corrected chi connectivity index (χ0v) is 6.49. The second kappa shape index (κ2) is 5.00. The molecule has 0 fully saturated rings. The number of nitrogens with one attached hydrogen (secondary N) is 1. The number of aliphatic hydroxyl groups excluding tert-OH is 1. The first-order valence-corrected chi connectivity index (χ1v) is 3.09. The molecule has 0 atom stereocenters. The van der Waals surface area contributed by atoms with Crippen LogP contribution in [0.4, 0.5) is 4.79 Å². The molecule has 12 heavy (non-hydrogen) atoms. The van der Waals surface area contributed by atoms with Gasteiger partial charge in [0.25, 0.3) is 0 Å². The SMILES string of the molecule is C=C(O)C(=O)ONC(=O)OCC. The molecule has 0 bridgehead atoms. The van der Waals surface area contributed by atoms with Crippen LogP contribution in [0.25, 0.3) is 0 Å². The molecule has 0 saturated heterocycles. The summed E-state index contributed by atoms with van der Waals surface area (Å²) in [6.07, 6.45) is -0.910. The van der Waals surface area contributed by atoms with Gasteiger partial charge in [0.2, 0.25) is 0 Å². The van der Waals surface area contributed by atoms with Gasteiger partial charge in [0.15, 0.2) is 5.76 Å². The van der Waals surface area contributed by atoms with Gasteiger partial charge in [0.1, 0.15) is 0 Å². The van der Waals surface area contributed by atoms with E-state index in [1.165, 1.54) is 0 Å². The third-order valence-electron chi connectivity index (χ3n) is 0.738. The van der Waals surface area contributed by atoms with E-state index in [4.69, 9.17) is 5.11 Å². The van der Waals surface area contributed by atoms with E-state index < -0.39 is 17.8 Å². The normalized spacial score (nSPS) is 8.42. The van der Waals surface area contributed by atoms with E-state index in [-0.39, 0.29) is 6.61 Å². The molecule has 0 aliphatic carbocycles. The fourth-order valence-electron chi connectivity index (χ4n) is 0.307. The van der Waals surface area contributed by atoms with Crippen LogP contribution in [0.2, 0.25) is 0 Å². The molecular weight excluding hydrogens is 166 g/mol. The zero-order valence-electron chi connectivity index (χ0n) is 6.49. The molecule has 2 N–H and O–H groups in total. The quantitative estimate of drug-likeness (QED) is 0.357. The highest BCUT2D eigenvalue weighted by Crippen LogP contribution is 1.85. The molecule has 0 heterocycles. The summed E-state index contributed by atoms with van der Waals surface area (Å²) in [6, 6.07) is 0. The minimum atomic E-state index is -1.14. The van der Waals surface area contributed by atoms with Crippen LogP contribution in [0.15, 0.2) is 12.3 Å². The molecule has 0 aliphatic rings. The summed E-state index contributed by atoms with van der Waals surface area (Å²) >= 11 is 0. The van der Waals surface area contributed by atoms with Crippen molar-refractivity contribution in [2.45, 2.75) is 6.92 Å². The Labute approximate surface area is 68.7 Å². The zero-order chi connectivity index (χ0) is 9.56. The number of ether oxygens (including phenoxy) is 1. The van der Waals surface area contributed by atoms with Crippen molar-refractivity contribution in [3.05, 3.63) is 12.3 Å². The first-order chi connectivity index (χ1) is 5.57. The summed E-state index contributed by atoms with van der Waals surface area (Å²) < 4.78 is 4.33. The van der Waals surface area contributed by atoms with Crippen LogP contribution < -0.4 is 5.48 Å². The Morgan fingerprint density at radius 3 is 2.58 bits per heavy atom. The number of aliphatic hydroxyl groups is 1. The highest BCUT2D eigenvalue weighted by Gasteiger charge is 2.08. The monoisotopic (exact) mass is 175 g/mol. The van der Waals surface area contributed by atoms with Crippen molar-refractivity contribution in [3.63, 3.8) is 0 Å². The second-order valence-electron chi connectivity index (χ2n) is 1.66. The number of amides is 1. The second-order valence-corrected chi connectivity index (χ2v) is 1.66. The molecule has 0 aromatic heterocycles. The van der Waals surface area contributed by atoms with E-state index >= 15 is 0 Å². The lowest BCUT2D eigenvalue weighted by atomic mass is 10.6. The minimum absolute atomic E-state index is 0.156. The molecule has 0 radical (unpaired) electrons. The Morgan fingerprint density at radius 1 is 1.58 bits per heavy atom. The Bertz CT molecular complexity index is 200. The molecule has 0 aliphatic heterocycles. The maximum Gasteiger partial charge on any atom is 0.440 e. The number of hydrogen-bond donors (Lipinski definition) is 2. The average Bonchev–Trinajstić information content (AvgIpc) is 2.00. The summed E-state index contributed by atoms with van der Waals surface area (Å²) in [6.45, 7) is 4.61. The van der Waals surface area contributed by atoms with Gasteiger partial charge in [-0.2, -0.15) is 0 Å². The van der Waals surface area contributed by atoms with Gasteiger partial charge in [-0.05, 0) is 13.5 Å². The highest BCUT2D eigenvalue weighted by molar-refractivity contribution is 5.85. The van der Waals surface area contributed by atoms with Crippen molar-refractivity contribution in [2.75, 3.05) is 6.61 Å². The van der Waals surface area contributed by atoms with Crippen LogP contribution in [-0.2, 0) is 14.4 Å². The minimum Gasteiger partial charge on any atom is -0.502 e. The molecule has 0 saturated carbocycles. The maximum atomic E-state index is 10.4. The summed E-state index contributed by atoms with van der Waals surface area (Å²) in [5.74, 6) is -1.94. The van der Waals surface area contributed by atoms with E-state index in [9.17, 15) is 9.59 Å². The van der Waals surface area contributed by atoms with Gasteiger partial charge in [-0.3, -0.25) is 0 Å². The van der Waals surface area contributed by atoms with Gasteiger partial charge in [-0.15, -0.1) is 5.48 Å². The molecule has 0 rings (SSSR count). The van der Waals surface area contributed by atoms with E-state index in [0.29, 0.717) is 0 Å². The van der Waals surface area contributed by atoms with E-state index in [1.807, 2.05) is 0 Å². The van der Waals surface area contributed by atoms with Crippen molar-refractivity contribution >= 4 is 12.1 Å². The van der Waals surface area contributed by atoms with Crippen LogP contribution in [0, 0.1) is 0 Å². The number of rotatable bonds is 2. The number of hydrogen-bond acceptors (Lipinski definition) is 5. The lowest BCUT2D eigenvalue weighted by Gasteiger charge is -2.03. The summed E-state index contributed by atoms with van der Waals surface area (Å²) in [4.78, 5) is 24.9. The van der Waals surface area contributed by atoms with Crippen LogP contribution in [0.3, 0.4) is 0 Å². The third-order valence-corrected chi connectivity index (χ3v) is 0.738. The van der Waals surface area contributed by atoms with Crippen molar-refractivity contribution in [2.24, 2.45) is 0 Å². The van der Waals surface area contributed by atoms with Crippen LogP contribution in [-0.4, -0.2) is 23.8 Å². The van der Waals surface area contributed by atoms with Crippen LogP contribution >= 0.6 is 0 Å². The van der Waals surface area contributed by atoms with Gasteiger partial charge in [0, 0.05) is 0 Å². The van der Waals surface area contributed by atoms with E-state index in [0.717, 1.165) is 0 Å². The number of carbonyl (C=O) groups excluding carboxylic acids is 2. The molecule has 1 amide bonds. The lowest BCUT2D eigenvalue weighted by molar-refractivity contribution is -0.148. The molecule has 0 unspecified atom stereocenters. The number of hydroxylamine groups is 1. The Hall–Kier alpha value is -1.72. The topological polar surface area (TPSA) is 84.9 Å². The molecule has 0 spiro atoms. The summed E-state index contributed by atoms with van der Waals surface area (Å²) in [5, 5.41) is 8.40. The average molecular weight is 175 g/mol. The van der Waals surface area contributed by atoms with E-state index in [1.54, 1.807) is 12.4 Å². The maximum absolute atomic E-state index is 10.4. The Kier molecular flexibility index (Phi) is 4.28. The fraction of sp³-hybridized carbons (Fsp3) is 0.333. The molecule has 68 valence electrons. The van der Waals surface area contributed by atoms with Gasteiger partial charge in [-0.1, -0.05) is 0 Å². The van der Waals surface area contributed by atoms with Gasteiger partial charge in [0.05, 0.1) is 6.61 Å². The van der Waals surface area contributed by atoms with Crippen molar-refractivity contribution < 1.29 is 24.3 Å². The number of carbonyl (C=O) groups is 2. The Balaban J connectivity index is 3.61. The lowest BCUT2D eigenvalue weighted by Crippen LogP contribution is -2.28. The van der Waals surface area contributed by atoms with Gasteiger partial charge in [-0.25, -0.2) is 9.59 Å². The molecular formula is C6H9NO5. The fourth-order valence-corrected chi connectivity index (χ4v) is 0.307. The predicted molar refractivity (Wildman–Crippen MR) is 38.0 cm³/mol. The predicted octanol–water partition coefficient (Wildman–Crippen LogP) is 0.262. The molecule has 6 nitrogen and oxygen atoms in total. The smallest absolute Gasteiger partial charge is 0.440 e. The van der Waals surface area contributed by atoms with Gasteiger partial charge >= 0.3 is 12.1 Å². The molecule has 6 heteroatoms. The molecule has 0 aromatic rings. The highest BCUT2D eigenvalue weighted by atomic mass is 16.7. The molecule has 0 aromatic carbocycles. The van der Waals surface area contributed by atoms with Crippen LogP contribution in [0.5, 0.6) is 0 Å². The van der Waals surface area contributed by atoms with E-state index in [2.05, 4.69) is 16.2 Å². The third kappa shape index (κ3) is 4.15. The van der Waals surface area contributed by atoms with Crippen molar-refractivity contribution in [1.29, 1.82) is 0 Å². The van der Waals surface area contributed by atoms with Gasteiger partial charge < -0.3 is 14.7 Å². The Morgan fingerprint density at radius 2 is 2.17 bits per heavy atom. The van der Waals surface area contributed by atoms with Crippen molar-refractivity contribution in [3.8, 4) is 0 Å².